The Hall–Kier alpha value is -2.02. The standard InChI is InChI=1S/C10H5BrN4O2/c11-6-1-2-7-8(3-6)10(17)15(9(7)16)14-4-12-13-5-14/h1-5H. The Morgan fingerprint density at radius 2 is 1.65 bits per heavy atom. The number of halogens is 1. The van der Waals surface area contributed by atoms with Crippen LogP contribution < -0.4 is 5.01 Å². The van der Waals surface area contributed by atoms with Crippen molar-refractivity contribution in [1.82, 2.24) is 14.9 Å². The molecule has 6 nitrogen and oxygen atoms in total. The molecule has 0 radical (unpaired) electrons. The van der Waals surface area contributed by atoms with Gasteiger partial charge in [-0.1, -0.05) is 15.9 Å². The van der Waals surface area contributed by atoms with Crippen LogP contribution in [-0.2, 0) is 0 Å². The summed E-state index contributed by atoms with van der Waals surface area (Å²) in [6, 6.07) is 4.96. The first-order chi connectivity index (χ1) is 8.18. The number of nitrogens with zero attached hydrogens (tertiary/aromatic N) is 4. The number of imide groups is 1. The summed E-state index contributed by atoms with van der Waals surface area (Å²) in [6.45, 7) is 0. The summed E-state index contributed by atoms with van der Waals surface area (Å²) in [5.41, 5.74) is 0.755. The molecule has 0 aliphatic carbocycles. The maximum Gasteiger partial charge on any atom is 0.281 e. The van der Waals surface area contributed by atoms with Crippen molar-refractivity contribution in [3.63, 3.8) is 0 Å². The normalized spacial score (nSPS) is 14.3. The molecule has 1 aromatic carbocycles. The highest BCUT2D eigenvalue weighted by Gasteiger charge is 2.37. The predicted molar refractivity (Wildman–Crippen MR) is 61.0 cm³/mol. The molecule has 0 atom stereocenters. The van der Waals surface area contributed by atoms with E-state index in [0.717, 1.165) is 9.48 Å². The fraction of sp³-hybridized carbons (Fsp3) is 0. The van der Waals surface area contributed by atoms with E-state index in [9.17, 15) is 9.59 Å². The number of hydrogen-bond donors (Lipinski definition) is 0. The molecule has 84 valence electrons. The van der Waals surface area contributed by atoms with Gasteiger partial charge in [-0.05, 0) is 18.2 Å². The van der Waals surface area contributed by atoms with Gasteiger partial charge in [0.1, 0.15) is 12.7 Å². The highest BCUT2D eigenvalue weighted by Crippen LogP contribution is 2.24. The Morgan fingerprint density at radius 3 is 2.35 bits per heavy atom. The number of rotatable bonds is 1. The molecule has 0 spiro atoms. The zero-order chi connectivity index (χ0) is 12.0. The third-order valence-corrected chi connectivity index (χ3v) is 2.96. The van der Waals surface area contributed by atoms with Crippen LogP contribution in [-0.4, -0.2) is 26.7 Å². The van der Waals surface area contributed by atoms with Crippen molar-refractivity contribution < 1.29 is 9.59 Å². The maximum atomic E-state index is 12.1. The molecule has 7 heteroatoms. The Bertz CT molecular complexity index is 623. The number of fused-ring (bicyclic) bond motifs is 1. The SMILES string of the molecule is O=C1c2ccc(Br)cc2C(=O)N1n1cnnc1. The number of carbonyl (C=O) groups excluding carboxylic acids is 2. The van der Waals surface area contributed by atoms with Crippen molar-refractivity contribution in [2.75, 3.05) is 5.01 Å². The van der Waals surface area contributed by atoms with Gasteiger partial charge in [-0.15, -0.1) is 10.2 Å². The first kappa shape index (κ1) is 10.2. The zero-order valence-corrected chi connectivity index (χ0v) is 9.96. The Morgan fingerprint density at radius 1 is 1.00 bits per heavy atom. The van der Waals surface area contributed by atoms with Crippen molar-refractivity contribution >= 4 is 27.7 Å². The van der Waals surface area contributed by atoms with Gasteiger partial charge in [-0.25, -0.2) is 4.68 Å². The van der Waals surface area contributed by atoms with Crippen LogP contribution >= 0.6 is 15.9 Å². The fourth-order valence-corrected chi connectivity index (χ4v) is 2.07. The lowest BCUT2D eigenvalue weighted by Gasteiger charge is -2.12. The molecule has 2 heterocycles. The first-order valence-electron chi connectivity index (χ1n) is 4.72. The number of aromatic nitrogens is 3. The Balaban J connectivity index is 2.15. The molecule has 1 aromatic heterocycles. The Kier molecular flexibility index (Phi) is 2.08. The lowest BCUT2D eigenvalue weighted by Crippen LogP contribution is -2.38. The third-order valence-electron chi connectivity index (χ3n) is 2.46. The van der Waals surface area contributed by atoms with Crippen LogP contribution in [0.4, 0.5) is 0 Å². The number of amides is 2. The van der Waals surface area contributed by atoms with Crippen LogP contribution in [0, 0.1) is 0 Å². The molecule has 3 rings (SSSR count). The molecule has 0 bridgehead atoms. The van der Waals surface area contributed by atoms with E-state index < -0.39 is 0 Å². The van der Waals surface area contributed by atoms with E-state index in [0.29, 0.717) is 11.1 Å². The largest absolute Gasteiger partial charge is 0.281 e. The van der Waals surface area contributed by atoms with Crippen molar-refractivity contribution in [2.24, 2.45) is 0 Å². The number of carbonyl (C=O) groups is 2. The molecular weight excluding hydrogens is 288 g/mol. The van der Waals surface area contributed by atoms with Gasteiger partial charge in [0, 0.05) is 4.47 Å². The van der Waals surface area contributed by atoms with Gasteiger partial charge in [0.25, 0.3) is 11.8 Å². The fourth-order valence-electron chi connectivity index (χ4n) is 1.71. The van der Waals surface area contributed by atoms with Gasteiger partial charge in [0.05, 0.1) is 11.1 Å². The van der Waals surface area contributed by atoms with Crippen molar-refractivity contribution in [2.45, 2.75) is 0 Å². The monoisotopic (exact) mass is 292 g/mol. The third kappa shape index (κ3) is 1.39. The quantitative estimate of drug-likeness (QED) is 0.735. The van der Waals surface area contributed by atoms with E-state index in [2.05, 4.69) is 26.1 Å². The number of benzene rings is 1. The topological polar surface area (TPSA) is 68.1 Å². The maximum absolute atomic E-state index is 12.1. The minimum atomic E-state index is -0.383. The summed E-state index contributed by atoms with van der Waals surface area (Å²) in [5.74, 6) is -0.761. The van der Waals surface area contributed by atoms with Crippen LogP contribution in [0.2, 0.25) is 0 Å². The molecule has 0 saturated heterocycles. The summed E-state index contributed by atoms with van der Waals surface area (Å²) in [7, 11) is 0. The first-order valence-corrected chi connectivity index (χ1v) is 5.51. The summed E-state index contributed by atoms with van der Waals surface area (Å²) in [5, 5.41) is 8.14. The van der Waals surface area contributed by atoms with Crippen LogP contribution in [0.15, 0.2) is 35.3 Å². The average molecular weight is 293 g/mol. The average Bonchev–Trinajstić information content (AvgIpc) is 2.88. The molecule has 0 saturated carbocycles. The van der Waals surface area contributed by atoms with Gasteiger partial charge in [0.15, 0.2) is 0 Å². The second kappa shape index (κ2) is 3.49. The van der Waals surface area contributed by atoms with E-state index in [4.69, 9.17) is 0 Å². The summed E-state index contributed by atoms with van der Waals surface area (Å²) >= 11 is 3.27. The molecule has 1 aliphatic heterocycles. The summed E-state index contributed by atoms with van der Waals surface area (Å²) in [4.78, 5) is 24.1. The Labute approximate surface area is 104 Å². The molecule has 17 heavy (non-hydrogen) atoms. The predicted octanol–water partition coefficient (Wildman–Crippen LogP) is 0.973. The van der Waals surface area contributed by atoms with Crippen LogP contribution in [0.25, 0.3) is 0 Å². The van der Waals surface area contributed by atoms with Crippen LogP contribution in [0.5, 0.6) is 0 Å². The zero-order valence-electron chi connectivity index (χ0n) is 8.37. The van der Waals surface area contributed by atoms with Gasteiger partial charge < -0.3 is 0 Å². The highest BCUT2D eigenvalue weighted by molar-refractivity contribution is 9.10. The summed E-state index contributed by atoms with van der Waals surface area (Å²) in [6.07, 6.45) is 2.60. The van der Waals surface area contributed by atoms with Crippen LogP contribution in [0.3, 0.4) is 0 Å². The minimum absolute atomic E-state index is 0.373. The van der Waals surface area contributed by atoms with Gasteiger partial charge >= 0.3 is 0 Å². The summed E-state index contributed by atoms with van der Waals surface area (Å²) < 4.78 is 2.02. The van der Waals surface area contributed by atoms with E-state index in [1.54, 1.807) is 18.2 Å². The van der Waals surface area contributed by atoms with E-state index in [1.165, 1.54) is 17.3 Å². The van der Waals surface area contributed by atoms with E-state index >= 15 is 0 Å². The molecule has 1 aliphatic rings. The van der Waals surface area contributed by atoms with Gasteiger partial charge in [-0.3, -0.25) is 9.59 Å². The molecule has 2 aromatic rings. The molecule has 0 N–H and O–H groups in total. The molecule has 2 amide bonds. The second-order valence-corrected chi connectivity index (χ2v) is 4.37. The molecular formula is C10H5BrN4O2. The second-order valence-electron chi connectivity index (χ2n) is 3.45. The minimum Gasteiger partial charge on any atom is -0.267 e. The number of hydrogen-bond acceptors (Lipinski definition) is 4. The van der Waals surface area contributed by atoms with E-state index in [-0.39, 0.29) is 11.8 Å². The smallest absolute Gasteiger partial charge is 0.267 e. The molecule has 0 unspecified atom stereocenters. The van der Waals surface area contributed by atoms with E-state index in [1.807, 2.05) is 0 Å². The van der Waals surface area contributed by atoms with Crippen molar-refractivity contribution in [3.8, 4) is 0 Å². The van der Waals surface area contributed by atoms with Gasteiger partial charge in [-0.2, -0.15) is 5.01 Å². The van der Waals surface area contributed by atoms with Crippen molar-refractivity contribution in [3.05, 3.63) is 46.5 Å². The molecule has 0 fully saturated rings. The van der Waals surface area contributed by atoms with Gasteiger partial charge in [0.2, 0.25) is 0 Å². The van der Waals surface area contributed by atoms with Crippen molar-refractivity contribution in [1.29, 1.82) is 0 Å². The highest BCUT2D eigenvalue weighted by atomic mass is 79.9. The van der Waals surface area contributed by atoms with Crippen LogP contribution in [0.1, 0.15) is 20.7 Å². The lowest BCUT2D eigenvalue weighted by molar-refractivity contribution is 0.0886. The lowest BCUT2D eigenvalue weighted by atomic mass is 10.1.